The molecule has 0 spiro atoms. The van der Waals surface area contributed by atoms with Gasteiger partial charge in [0.25, 0.3) is 0 Å². The molecule has 0 bridgehead atoms. The van der Waals surface area contributed by atoms with Crippen molar-refractivity contribution in [3.8, 4) is 5.75 Å². The van der Waals surface area contributed by atoms with E-state index in [9.17, 15) is 4.79 Å². The summed E-state index contributed by atoms with van der Waals surface area (Å²) in [6, 6.07) is 6.61. The minimum Gasteiger partial charge on any atom is -0.375 e. The smallest absolute Gasteiger partial charge is 0.180 e. The van der Waals surface area contributed by atoms with E-state index < -0.39 is 0 Å². The zero-order chi connectivity index (χ0) is 13.0. The van der Waals surface area contributed by atoms with Gasteiger partial charge in [-0.2, -0.15) is 0 Å². The van der Waals surface area contributed by atoms with Gasteiger partial charge in [-0.3, -0.25) is 4.79 Å². The highest BCUT2D eigenvalue weighted by Gasteiger charge is 2.07. The SMILES string of the molecule is Nc1nc(/C(C=O)=N/Oc2ccc(Cl)cc2)cs1. The van der Waals surface area contributed by atoms with E-state index in [2.05, 4.69) is 10.1 Å². The predicted octanol–water partition coefficient (Wildman–Crippen LogP) is 2.36. The molecule has 0 fully saturated rings. The van der Waals surface area contributed by atoms with Gasteiger partial charge < -0.3 is 10.6 Å². The third-order valence-corrected chi connectivity index (χ3v) is 2.88. The molecule has 1 aromatic heterocycles. The molecule has 2 aromatic rings. The number of halogens is 1. The largest absolute Gasteiger partial charge is 0.375 e. The first-order chi connectivity index (χ1) is 8.69. The molecular weight excluding hydrogens is 274 g/mol. The average Bonchev–Trinajstić information content (AvgIpc) is 2.79. The highest BCUT2D eigenvalue weighted by molar-refractivity contribution is 7.13. The van der Waals surface area contributed by atoms with Gasteiger partial charge in [0.15, 0.2) is 22.9 Å². The molecule has 0 aliphatic heterocycles. The number of thiazole rings is 1. The quantitative estimate of drug-likeness (QED) is 0.530. The first-order valence-corrected chi connectivity index (χ1v) is 6.12. The van der Waals surface area contributed by atoms with Crippen LogP contribution < -0.4 is 10.6 Å². The Morgan fingerprint density at radius 1 is 1.44 bits per heavy atom. The van der Waals surface area contributed by atoms with Crippen LogP contribution in [0.3, 0.4) is 0 Å². The summed E-state index contributed by atoms with van der Waals surface area (Å²) in [6.07, 6.45) is 0.560. The molecule has 0 radical (unpaired) electrons. The molecule has 0 saturated heterocycles. The number of carbonyl (C=O) groups excluding carboxylic acids is 1. The molecule has 0 aliphatic rings. The van der Waals surface area contributed by atoms with Crippen molar-refractivity contribution in [1.29, 1.82) is 0 Å². The number of benzene rings is 1. The van der Waals surface area contributed by atoms with Gasteiger partial charge in [0.05, 0.1) is 0 Å². The maximum absolute atomic E-state index is 10.9. The monoisotopic (exact) mass is 281 g/mol. The second-order valence-corrected chi connectivity index (χ2v) is 4.54. The van der Waals surface area contributed by atoms with Gasteiger partial charge in [0, 0.05) is 10.4 Å². The van der Waals surface area contributed by atoms with Crippen LogP contribution in [0, 0.1) is 0 Å². The number of oxime groups is 1. The number of rotatable bonds is 4. The van der Waals surface area contributed by atoms with Gasteiger partial charge in [0.1, 0.15) is 5.69 Å². The molecule has 5 nitrogen and oxygen atoms in total. The third-order valence-electron chi connectivity index (χ3n) is 1.96. The van der Waals surface area contributed by atoms with Gasteiger partial charge in [0.2, 0.25) is 0 Å². The van der Waals surface area contributed by atoms with E-state index >= 15 is 0 Å². The van der Waals surface area contributed by atoms with Crippen LogP contribution >= 0.6 is 22.9 Å². The fourth-order valence-electron chi connectivity index (χ4n) is 1.13. The molecule has 18 heavy (non-hydrogen) atoms. The first-order valence-electron chi connectivity index (χ1n) is 4.86. The predicted molar refractivity (Wildman–Crippen MR) is 71.2 cm³/mol. The topological polar surface area (TPSA) is 77.6 Å². The van der Waals surface area contributed by atoms with Gasteiger partial charge in [-0.25, -0.2) is 4.98 Å². The lowest BCUT2D eigenvalue weighted by Gasteiger charge is -1.99. The summed E-state index contributed by atoms with van der Waals surface area (Å²) in [6.45, 7) is 0. The number of carbonyl (C=O) groups is 1. The number of hydrogen-bond donors (Lipinski definition) is 1. The Bertz CT molecular complexity index is 580. The maximum Gasteiger partial charge on any atom is 0.180 e. The van der Waals surface area contributed by atoms with Gasteiger partial charge in [-0.15, -0.1) is 11.3 Å². The number of nitrogens with zero attached hydrogens (tertiary/aromatic N) is 2. The summed E-state index contributed by atoms with van der Waals surface area (Å²) in [4.78, 5) is 19.9. The molecule has 0 aliphatic carbocycles. The molecule has 1 aromatic carbocycles. The standard InChI is InChI=1S/C11H8ClN3O2S/c12-7-1-3-8(4-2-7)17-15-9(5-16)10-6-18-11(13)14-10/h1-6H,(H2,13,14)/b15-9+. The van der Waals surface area contributed by atoms with Crippen LogP contribution in [0.5, 0.6) is 5.75 Å². The number of nitrogens with two attached hydrogens (primary N) is 1. The van der Waals surface area contributed by atoms with Crippen molar-refractivity contribution in [3.63, 3.8) is 0 Å². The number of anilines is 1. The zero-order valence-corrected chi connectivity index (χ0v) is 10.6. The molecular formula is C11H8ClN3O2S. The van der Waals surface area contributed by atoms with Gasteiger partial charge in [-0.05, 0) is 24.3 Å². The van der Waals surface area contributed by atoms with Gasteiger partial charge in [-0.1, -0.05) is 16.8 Å². The summed E-state index contributed by atoms with van der Waals surface area (Å²) < 4.78 is 0. The fourth-order valence-corrected chi connectivity index (χ4v) is 1.81. The van der Waals surface area contributed by atoms with E-state index in [1.807, 2.05) is 0 Å². The molecule has 2 N–H and O–H groups in total. The normalized spacial score (nSPS) is 11.3. The summed E-state index contributed by atoms with van der Waals surface area (Å²) in [5.74, 6) is 0.474. The molecule has 1 heterocycles. The van der Waals surface area contributed by atoms with E-state index in [-0.39, 0.29) is 5.71 Å². The molecule has 0 atom stereocenters. The number of aldehydes is 1. The molecule has 0 amide bonds. The Hall–Kier alpha value is -1.92. The summed E-state index contributed by atoms with van der Waals surface area (Å²) in [5, 5.41) is 6.31. The lowest BCUT2D eigenvalue weighted by atomic mass is 10.3. The minimum atomic E-state index is 0.0814. The minimum absolute atomic E-state index is 0.0814. The number of aromatic nitrogens is 1. The first kappa shape index (κ1) is 12.5. The summed E-state index contributed by atoms with van der Waals surface area (Å²) >= 11 is 6.96. The number of nitrogen functional groups attached to an aromatic ring is 1. The van der Waals surface area contributed by atoms with E-state index in [4.69, 9.17) is 22.2 Å². The Kier molecular flexibility index (Phi) is 3.91. The Labute approximate surface area is 112 Å². The van der Waals surface area contributed by atoms with Crippen LogP contribution in [0.2, 0.25) is 5.02 Å². The lowest BCUT2D eigenvalue weighted by molar-refractivity contribution is -0.102. The molecule has 0 saturated carbocycles. The van der Waals surface area contributed by atoms with Crippen molar-refractivity contribution in [2.24, 2.45) is 5.16 Å². The van der Waals surface area contributed by atoms with Crippen molar-refractivity contribution in [2.75, 3.05) is 5.73 Å². The highest BCUT2D eigenvalue weighted by atomic mass is 35.5. The van der Waals surface area contributed by atoms with Crippen LogP contribution in [0.4, 0.5) is 5.13 Å². The maximum atomic E-state index is 10.9. The van der Waals surface area contributed by atoms with Crippen molar-refractivity contribution in [2.45, 2.75) is 0 Å². The van der Waals surface area contributed by atoms with E-state index in [1.165, 1.54) is 11.3 Å². The van der Waals surface area contributed by atoms with Crippen LogP contribution in [0.25, 0.3) is 0 Å². The van der Waals surface area contributed by atoms with Crippen molar-refractivity contribution in [3.05, 3.63) is 40.4 Å². The lowest BCUT2D eigenvalue weighted by Crippen LogP contribution is -2.05. The van der Waals surface area contributed by atoms with Crippen LogP contribution in [-0.2, 0) is 4.79 Å². The average molecular weight is 282 g/mol. The Morgan fingerprint density at radius 3 is 2.72 bits per heavy atom. The van der Waals surface area contributed by atoms with Crippen LogP contribution in [0.15, 0.2) is 34.8 Å². The Balaban J connectivity index is 2.15. The highest BCUT2D eigenvalue weighted by Crippen LogP contribution is 2.16. The van der Waals surface area contributed by atoms with Crippen LogP contribution in [0.1, 0.15) is 5.69 Å². The molecule has 2 rings (SSSR count). The van der Waals surface area contributed by atoms with E-state index in [0.29, 0.717) is 27.9 Å². The third kappa shape index (κ3) is 3.06. The second kappa shape index (κ2) is 5.61. The molecule has 7 heteroatoms. The summed E-state index contributed by atoms with van der Waals surface area (Å²) in [7, 11) is 0. The Morgan fingerprint density at radius 2 is 2.17 bits per heavy atom. The molecule has 0 unspecified atom stereocenters. The summed E-state index contributed by atoms with van der Waals surface area (Å²) in [5.41, 5.74) is 5.95. The second-order valence-electron chi connectivity index (χ2n) is 3.21. The number of hydrogen-bond acceptors (Lipinski definition) is 6. The van der Waals surface area contributed by atoms with E-state index in [0.717, 1.165) is 0 Å². The fraction of sp³-hybridized carbons (Fsp3) is 0. The van der Waals surface area contributed by atoms with E-state index in [1.54, 1.807) is 29.6 Å². The van der Waals surface area contributed by atoms with Crippen LogP contribution in [-0.4, -0.2) is 17.0 Å². The van der Waals surface area contributed by atoms with Crippen molar-refractivity contribution < 1.29 is 9.63 Å². The zero-order valence-electron chi connectivity index (χ0n) is 9.04. The van der Waals surface area contributed by atoms with Gasteiger partial charge >= 0.3 is 0 Å². The van der Waals surface area contributed by atoms with Crippen molar-refractivity contribution in [1.82, 2.24) is 4.98 Å². The van der Waals surface area contributed by atoms with Crippen molar-refractivity contribution >= 4 is 40.1 Å². The molecule has 92 valence electrons.